The summed E-state index contributed by atoms with van der Waals surface area (Å²) in [6.45, 7) is 2.80. The van der Waals surface area contributed by atoms with Gasteiger partial charge in [0.25, 0.3) is 0 Å². The molecule has 1 amide bonds. The van der Waals surface area contributed by atoms with Crippen molar-refractivity contribution in [3.8, 4) is 6.07 Å². The van der Waals surface area contributed by atoms with Gasteiger partial charge in [0.15, 0.2) is 0 Å². The molecule has 0 saturated heterocycles. The normalized spacial score (nSPS) is 13.8. The van der Waals surface area contributed by atoms with Gasteiger partial charge in [-0.2, -0.15) is 5.26 Å². The van der Waals surface area contributed by atoms with Gasteiger partial charge in [-0.25, -0.2) is 0 Å². The minimum absolute atomic E-state index is 0.0903. The van der Waals surface area contributed by atoms with Gasteiger partial charge < -0.3 is 4.90 Å². The molecule has 0 radical (unpaired) electrons. The number of aryl methyl sites for hydroxylation is 2. The summed E-state index contributed by atoms with van der Waals surface area (Å²) < 4.78 is 1.02. The predicted octanol–water partition coefficient (Wildman–Crippen LogP) is 3.29. The van der Waals surface area contributed by atoms with Gasteiger partial charge in [-0.05, 0) is 46.8 Å². The van der Waals surface area contributed by atoms with E-state index in [0.29, 0.717) is 11.5 Å². The van der Waals surface area contributed by atoms with E-state index >= 15 is 0 Å². The van der Waals surface area contributed by atoms with Crippen molar-refractivity contribution in [3.63, 3.8) is 0 Å². The fourth-order valence-electron chi connectivity index (χ4n) is 2.25. The first-order valence-electron chi connectivity index (χ1n) is 6.18. The largest absolute Gasteiger partial charge is 0.310 e. The van der Waals surface area contributed by atoms with Crippen LogP contribution in [0.4, 0.5) is 5.69 Å². The Hall–Kier alpha value is -0.990. The van der Waals surface area contributed by atoms with Gasteiger partial charge in [0.1, 0.15) is 0 Å². The fraction of sp³-hybridized carbons (Fsp3) is 0.429. The summed E-state index contributed by atoms with van der Waals surface area (Å²) in [6, 6.07) is 6.24. The van der Waals surface area contributed by atoms with E-state index in [1.807, 2.05) is 17.9 Å². The van der Waals surface area contributed by atoms with Crippen molar-refractivity contribution in [1.29, 1.82) is 5.26 Å². The number of fused-ring (bicyclic) bond motifs is 1. The molecule has 0 bridgehead atoms. The van der Waals surface area contributed by atoms with Gasteiger partial charge in [0, 0.05) is 11.0 Å². The van der Waals surface area contributed by atoms with Crippen LogP contribution in [0.5, 0.6) is 0 Å². The number of thioether (sulfide) groups is 1. The predicted molar refractivity (Wildman–Crippen MR) is 82.5 cm³/mol. The SMILES string of the molecule is Cc1ccc2c(c1Br)N(C(=O)CSCC#N)CCC2. The first-order chi connectivity index (χ1) is 9.15. The van der Waals surface area contributed by atoms with Gasteiger partial charge in [-0.1, -0.05) is 12.1 Å². The van der Waals surface area contributed by atoms with Crippen LogP contribution in [0.1, 0.15) is 17.5 Å². The van der Waals surface area contributed by atoms with Crippen LogP contribution in [0.25, 0.3) is 0 Å². The molecule has 5 heteroatoms. The maximum atomic E-state index is 12.3. The number of nitrogens with zero attached hydrogens (tertiary/aromatic N) is 2. The zero-order chi connectivity index (χ0) is 13.8. The van der Waals surface area contributed by atoms with Crippen molar-refractivity contribution < 1.29 is 4.79 Å². The molecule has 0 aliphatic carbocycles. The van der Waals surface area contributed by atoms with Gasteiger partial charge in [-0.15, -0.1) is 11.8 Å². The number of rotatable bonds is 3. The molecular weight excluding hydrogens is 324 g/mol. The molecule has 1 aliphatic rings. The third kappa shape index (κ3) is 3.13. The molecule has 0 saturated carbocycles. The average molecular weight is 339 g/mol. The van der Waals surface area contributed by atoms with E-state index in [0.717, 1.165) is 35.1 Å². The molecule has 0 spiro atoms. The summed E-state index contributed by atoms with van der Waals surface area (Å²) >= 11 is 4.98. The number of hydrogen-bond donors (Lipinski definition) is 0. The third-order valence-corrected chi connectivity index (χ3v) is 4.97. The highest BCUT2D eigenvalue weighted by Crippen LogP contribution is 2.37. The zero-order valence-electron chi connectivity index (χ0n) is 10.8. The highest BCUT2D eigenvalue weighted by atomic mass is 79.9. The standard InChI is InChI=1S/C14H15BrN2OS/c1-10-4-5-11-3-2-7-17(14(11)13(10)15)12(18)9-19-8-6-16/h4-5H,2-3,7-9H2,1H3. The van der Waals surface area contributed by atoms with Crippen molar-refractivity contribution in [2.24, 2.45) is 0 Å². The Morgan fingerprint density at radius 3 is 3.11 bits per heavy atom. The van der Waals surface area contributed by atoms with Gasteiger partial charge in [-0.3, -0.25) is 4.79 Å². The molecule has 0 unspecified atom stereocenters. The summed E-state index contributed by atoms with van der Waals surface area (Å²) in [5.74, 6) is 0.821. The van der Waals surface area contributed by atoms with E-state index in [1.54, 1.807) is 0 Å². The van der Waals surface area contributed by atoms with Crippen molar-refractivity contribution in [1.82, 2.24) is 0 Å². The minimum Gasteiger partial charge on any atom is -0.310 e. The second-order valence-electron chi connectivity index (χ2n) is 4.50. The molecule has 0 fully saturated rings. The first kappa shape index (κ1) is 14.4. The summed E-state index contributed by atoms with van der Waals surface area (Å²) in [5, 5.41) is 8.52. The van der Waals surface area contributed by atoms with Crippen LogP contribution in [-0.2, 0) is 11.2 Å². The number of anilines is 1. The van der Waals surface area contributed by atoms with E-state index in [1.165, 1.54) is 17.3 Å². The van der Waals surface area contributed by atoms with Crippen LogP contribution in [0.2, 0.25) is 0 Å². The zero-order valence-corrected chi connectivity index (χ0v) is 13.2. The van der Waals surface area contributed by atoms with Crippen LogP contribution >= 0.6 is 27.7 Å². The average Bonchev–Trinajstić information content (AvgIpc) is 2.42. The molecule has 100 valence electrons. The lowest BCUT2D eigenvalue weighted by molar-refractivity contribution is -0.116. The molecule has 3 nitrogen and oxygen atoms in total. The lowest BCUT2D eigenvalue weighted by atomic mass is 10.00. The molecular formula is C14H15BrN2OS. The van der Waals surface area contributed by atoms with E-state index in [9.17, 15) is 4.79 Å². The highest BCUT2D eigenvalue weighted by Gasteiger charge is 2.25. The number of benzene rings is 1. The molecule has 1 aromatic rings. The van der Waals surface area contributed by atoms with E-state index in [-0.39, 0.29) is 5.91 Å². The van der Waals surface area contributed by atoms with Crippen LogP contribution in [-0.4, -0.2) is 24.0 Å². The second kappa shape index (κ2) is 6.44. The highest BCUT2D eigenvalue weighted by molar-refractivity contribution is 9.10. The number of halogens is 1. The Balaban J connectivity index is 2.24. The van der Waals surface area contributed by atoms with Crippen molar-refractivity contribution in [2.45, 2.75) is 19.8 Å². The van der Waals surface area contributed by atoms with E-state index in [4.69, 9.17) is 5.26 Å². The molecule has 0 aromatic heterocycles. The van der Waals surface area contributed by atoms with Crippen molar-refractivity contribution in [2.75, 3.05) is 23.0 Å². The molecule has 19 heavy (non-hydrogen) atoms. The lowest BCUT2D eigenvalue weighted by Crippen LogP contribution is -2.37. The smallest absolute Gasteiger partial charge is 0.237 e. The van der Waals surface area contributed by atoms with E-state index in [2.05, 4.69) is 28.1 Å². The summed E-state index contributed by atoms with van der Waals surface area (Å²) in [4.78, 5) is 14.1. The van der Waals surface area contributed by atoms with Gasteiger partial charge >= 0.3 is 0 Å². The Kier molecular flexibility index (Phi) is 4.89. The molecule has 1 aliphatic heterocycles. The van der Waals surface area contributed by atoms with Crippen molar-refractivity contribution >= 4 is 39.3 Å². The Morgan fingerprint density at radius 1 is 1.58 bits per heavy atom. The molecule has 2 rings (SSSR count). The van der Waals surface area contributed by atoms with Crippen LogP contribution in [0.3, 0.4) is 0 Å². The Labute approximate surface area is 126 Å². The maximum absolute atomic E-state index is 12.3. The van der Waals surface area contributed by atoms with Crippen molar-refractivity contribution in [3.05, 3.63) is 27.7 Å². The Bertz CT molecular complexity index is 539. The number of amides is 1. The summed E-state index contributed by atoms with van der Waals surface area (Å²) in [5.41, 5.74) is 3.39. The first-order valence-corrected chi connectivity index (χ1v) is 8.13. The van der Waals surface area contributed by atoms with E-state index < -0.39 is 0 Å². The number of nitriles is 1. The van der Waals surface area contributed by atoms with Crippen LogP contribution < -0.4 is 4.90 Å². The number of carbonyl (C=O) groups is 1. The summed E-state index contributed by atoms with van der Waals surface area (Å²) in [6.07, 6.45) is 2.01. The molecule has 1 heterocycles. The molecule has 0 atom stereocenters. The maximum Gasteiger partial charge on any atom is 0.237 e. The van der Waals surface area contributed by atoms with Gasteiger partial charge in [0.2, 0.25) is 5.91 Å². The topological polar surface area (TPSA) is 44.1 Å². The lowest BCUT2D eigenvalue weighted by Gasteiger charge is -2.31. The Morgan fingerprint density at radius 2 is 2.37 bits per heavy atom. The molecule has 1 aromatic carbocycles. The second-order valence-corrected chi connectivity index (χ2v) is 6.28. The van der Waals surface area contributed by atoms with Gasteiger partial charge in [0.05, 0.1) is 23.3 Å². The minimum atomic E-state index is 0.0903. The quantitative estimate of drug-likeness (QED) is 0.794. The molecule has 0 N–H and O–H groups in total. The van der Waals surface area contributed by atoms with Crippen LogP contribution in [0, 0.1) is 18.3 Å². The number of carbonyl (C=O) groups excluding carboxylic acids is 1. The third-order valence-electron chi connectivity index (χ3n) is 3.18. The van der Waals surface area contributed by atoms with Crippen LogP contribution in [0.15, 0.2) is 16.6 Å². The number of hydrogen-bond acceptors (Lipinski definition) is 3. The monoisotopic (exact) mass is 338 g/mol. The fourth-order valence-corrected chi connectivity index (χ4v) is 3.37. The summed E-state index contributed by atoms with van der Waals surface area (Å²) in [7, 11) is 0.